The molecular formula is C14H24N4O. The number of hydrogen-bond acceptors (Lipinski definition) is 5. The summed E-state index contributed by atoms with van der Waals surface area (Å²) < 4.78 is 0. The van der Waals surface area contributed by atoms with Crippen LogP contribution >= 0.6 is 0 Å². The summed E-state index contributed by atoms with van der Waals surface area (Å²) in [5.74, 6) is 2.55. The van der Waals surface area contributed by atoms with Gasteiger partial charge in [-0.2, -0.15) is 0 Å². The Labute approximate surface area is 115 Å². The van der Waals surface area contributed by atoms with E-state index in [0.29, 0.717) is 12.0 Å². The topological polar surface area (TPSA) is 52.5 Å². The smallest absolute Gasteiger partial charge is 0.134 e. The number of aliphatic hydroxyl groups excluding tert-OH is 1. The fraction of sp³-hybridized carbons (Fsp3) is 0.714. The van der Waals surface area contributed by atoms with Gasteiger partial charge >= 0.3 is 0 Å². The molecule has 1 unspecified atom stereocenters. The first-order chi connectivity index (χ1) is 9.11. The van der Waals surface area contributed by atoms with E-state index in [4.69, 9.17) is 5.11 Å². The average Bonchev–Trinajstić information content (AvgIpc) is 2.87. The Morgan fingerprint density at radius 2 is 2.26 bits per heavy atom. The molecule has 0 aliphatic carbocycles. The SMILES string of the molecule is CC(C)N(C)c1cc(N2CCC(CCO)C2)ncn1. The lowest BCUT2D eigenvalue weighted by atomic mass is 10.1. The monoisotopic (exact) mass is 264 g/mol. The number of aliphatic hydroxyl groups is 1. The first kappa shape index (κ1) is 14.1. The van der Waals surface area contributed by atoms with Crippen LogP contribution in [0.3, 0.4) is 0 Å². The number of hydrogen-bond donors (Lipinski definition) is 1. The van der Waals surface area contributed by atoms with Gasteiger partial charge in [-0.05, 0) is 32.6 Å². The van der Waals surface area contributed by atoms with Crippen LogP contribution < -0.4 is 9.80 Å². The Kier molecular flexibility index (Phi) is 4.58. The summed E-state index contributed by atoms with van der Waals surface area (Å²) in [7, 11) is 2.05. The zero-order valence-electron chi connectivity index (χ0n) is 12.1. The molecule has 0 saturated carbocycles. The van der Waals surface area contributed by atoms with Crippen molar-refractivity contribution in [2.75, 3.05) is 36.5 Å². The molecule has 1 aromatic rings. The van der Waals surface area contributed by atoms with Crippen molar-refractivity contribution in [3.05, 3.63) is 12.4 Å². The minimum Gasteiger partial charge on any atom is -0.396 e. The van der Waals surface area contributed by atoms with Gasteiger partial charge in [-0.25, -0.2) is 9.97 Å². The summed E-state index contributed by atoms with van der Waals surface area (Å²) in [5.41, 5.74) is 0. The predicted molar refractivity (Wildman–Crippen MR) is 77.6 cm³/mol. The van der Waals surface area contributed by atoms with Crippen molar-refractivity contribution in [2.45, 2.75) is 32.7 Å². The van der Waals surface area contributed by atoms with Gasteiger partial charge in [0.15, 0.2) is 0 Å². The maximum absolute atomic E-state index is 9.01. The molecule has 106 valence electrons. The Morgan fingerprint density at radius 3 is 2.95 bits per heavy atom. The highest BCUT2D eigenvalue weighted by molar-refractivity contribution is 5.50. The summed E-state index contributed by atoms with van der Waals surface area (Å²) in [6.45, 7) is 6.59. The molecule has 0 spiro atoms. The average molecular weight is 264 g/mol. The largest absolute Gasteiger partial charge is 0.396 e. The van der Waals surface area contributed by atoms with Crippen LogP contribution in [0, 0.1) is 5.92 Å². The second-order valence-corrected chi connectivity index (χ2v) is 5.55. The van der Waals surface area contributed by atoms with Crippen LogP contribution in [0.5, 0.6) is 0 Å². The summed E-state index contributed by atoms with van der Waals surface area (Å²) in [6.07, 6.45) is 3.67. The van der Waals surface area contributed by atoms with Gasteiger partial charge in [-0.3, -0.25) is 0 Å². The standard InChI is InChI=1S/C14H24N4O/c1-11(2)17(3)13-8-14(16-10-15-13)18-6-4-12(9-18)5-7-19/h8,10-12,19H,4-7,9H2,1-3H3. The lowest BCUT2D eigenvalue weighted by Crippen LogP contribution is -2.27. The molecule has 0 bridgehead atoms. The number of anilines is 2. The maximum atomic E-state index is 9.01. The molecule has 0 amide bonds. The highest BCUT2D eigenvalue weighted by atomic mass is 16.3. The second kappa shape index (κ2) is 6.19. The maximum Gasteiger partial charge on any atom is 0.134 e. The first-order valence-electron chi connectivity index (χ1n) is 7.02. The van der Waals surface area contributed by atoms with E-state index in [1.54, 1.807) is 6.33 Å². The lowest BCUT2D eigenvalue weighted by Gasteiger charge is -2.24. The van der Waals surface area contributed by atoms with E-state index in [-0.39, 0.29) is 6.61 Å². The molecule has 2 heterocycles. The van der Waals surface area contributed by atoms with Crippen LogP contribution in [-0.4, -0.2) is 47.9 Å². The second-order valence-electron chi connectivity index (χ2n) is 5.55. The van der Waals surface area contributed by atoms with E-state index >= 15 is 0 Å². The van der Waals surface area contributed by atoms with Crippen LogP contribution in [0.1, 0.15) is 26.7 Å². The normalized spacial score (nSPS) is 19.2. The molecule has 1 aliphatic rings. The van der Waals surface area contributed by atoms with Crippen LogP contribution in [0.4, 0.5) is 11.6 Å². The molecule has 0 aromatic carbocycles. The van der Waals surface area contributed by atoms with Gasteiger partial charge in [0.25, 0.3) is 0 Å². The molecule has 1 aromatic heterocycles. The Balaban J connectivity index is 2.07. The van der Waals surface area contributed by atoms with E-state index in [1.807, 2.05) is 0 Å². The van der Waals surface area contributed by atoms with Gasteiger partial charge in [-0.15, -0.1) is 0 Å². The minimum absolute atomic E-state index is 0.281. The number of rotatable bonds is 5. The van der Waals surface area contributed by atoms with Crippen molar-refractivity contribution in [1.82, 2.24) is 9.97 Å². The zero-order valence-corrected chi connectivity index (χ0v) is 12.1. The van der Waals surface area contributed by atoms with Gasteiger partial charge in [0.1, 0.15) is 18.0 Å². The third-order valence-corrected chi connectivity index (χ3v) is 3.92. The highest BCUT2D eigenvalue weighted by Crippen LogP contribution is 2.25. The third-order valence-electron chi connectivity index (χ3n) is 3.92. The van der Waals surface area contributed by atoms with E-state index in [0.717, 1.165) is 37.6 Å². The van der Waals surface area contributed by atoms with Crippen molar-refractivity contribution in [1.29, 1.82) is 0 Å². The zero-order chi connectivity index (χ0) is 13.8. The summed E-state index contributed by atoms with van der Waals surface area (Å²) in [4.78, 5) is 13.2. The quantitative estimate of drug-likeness (QED) is 0.874. The van der Waals surface area contributed by atoms with Crippen LogP contribution in [-0.2, 0) is 0 Å². The van der Waals surface area contributed by atoms with Gasteiger partial charge in [0, 0.05) is 38.9 Å². The molecular weight excluding hydrogens is 240 g/mol. The Hall–Kier alpha value is -1.36. The molecule has 1 fully saturated rings. The van der Waals surface area contributed by atoms with E-state index in [2.05, 4.69) is 46.7 Å². The molecule has 1 N–H and O–H groups in total. The summed E-state index contributed by atoms with van der Waals surface area (Å²) >= 11 is 0. The lowest BCUT2D eigenvalue weighted by molar-refractivity contribution is 0.263. The summed E-state index contributed by atoms with van der Waals surface area (Å²) in [5, 5.41) is 9.01. The van der Waals surface area contributed by atoms with Crippen molar-refractivity contribution in [2.24, 2.45) is 5.92 Å². The van der Waals surface area contributed by atoms with Crippen molar-refractivity contribution < 1.29 is 5.11 Å². The van der Waals surface area contributed by atoms with Crippen molar-refractivity contribution in [3.63, 3.8) is 0 Å². The molecule has 5 heteroatoms. The van der Waals surface area contributed by atoms with E-state index < -0.39 is 0 Å². The van der Waals surface area contributed by atoms with Gasteiger partial charge < -0.3 is 14.9 Å². The minimum atomic E-state index is 0.281. The molecule has 2 rings (SSSR count). The van der Waals surface area contributed by atoms with Crippen LogP contribution in [0.25, 0.3) is 0 Å². The third kappa shape index (κ3) is 3.35. The molecule has 5 nitrogen and oxygen atoms in total. The predicted octanol–water partition coefficient (Wildman–Crippen LogP) is 1.53. The highest BCUT2D eigenvalue weighted by Gasteiger charge is 2.23. The number of nitrogens with zero attached hydrogens (tertiary/aromatic N) is 4. The molecule has 1 saturated heterocycles. The van der Waals surface area contributed by atoms with Crippen LogP contribution in [0.2, 0.25) is 0 Å². The molecule has 1 aliphatic heterocycles. The number of aromatic nitrogens is 2. The van der Waals surface area contributed by atoms with E-state index in [9.17, 15) is 0 Å². The Bertz CT molecular complexity index is 410. The van der Waals surface area contributed by atoms with Crippen LogP contribution in [0.15, 0.2) is 12.4 Å². The van der Waals surface area contributed by atoms with Crippen molar-refractivity contribution in [3.8, 4) is 0 Å². The Morgan fingerprint density at radius 1 is 1.47 bits per heavy atom. The van der Waals surface area contributed by atoms with Gasteiger partial charge in [0.05, 0.1) is 0 Å². The van der Waals surface area contributed by atoms with E-state index in [1.165, 1.54) is 0 Å². The fourth-order valence-corrected chi connectivity index (χ4v) is 2.43. The molecule has 0 radical (unpaired) electrons. The molecule has 19 heavy (non-hydrogen) atoms. The fourth-order valence-electron chi connectivity index (χ4n) is 2.43. The molecule has 1 atom stereocenters. The van der Waals surface area contributed by atoms with Gasteiger partial charge in [0.2, 0.25) is 0 Å². The first-order valence-corrected chi connectivity index (χ1v) is 7.02. The summed E-state index contributed by atoms with van der Waals surface area (Å²) in [6, 6.07) is 2.48. The van der Waals surface area contributed by atoms with Crippen molar-refractivity contribution >= 4 is 11.6 Å². The van der Waals surface area contributed by atoms with Gasteiger partial charge in [-0.1, -0.05) is 0 Å².